The Labute approximate surface area is 102 Å². The van der Waals surface area contributed by atoms with Crippen LogP contribution in [0.15, 0.2) is 0 Å². The first-order valence-electron chi connectivity index (χ1n) is 3.45. The van der Waals surface area contributed by atoms with Gasteiger partial charge in [0.15, 0.2) is 0 Å². The van der Waals surface area contributed by atoms with Crippen LogP contribution in [-0.4, -0.2) is 0 Å². The molecule has 0 amide bonds. The van der Waals surface area contributed by atoms with Crippen LogP contribution in [0.2, 0.25) is 0 Å². The largest absolute Gasteiger partial charge is 1.00 e. The van der Waals surface area contributed by atoms with Gasteiger partial charge in [-0.15, -0.1) is 0 Å². The number of hydrogen-bond acceptors (Lipinski definition) is 0. The van der Waals surface area contributed by atoms with Crippen molar-refractivity contribution in [2.75, 3.05) is 0 Å². The number of hydrogen-bond donors (Lipinski definition) is 0. The smallest absolute Gasteiger partial charge is 1.00 e. The molecule has 2 aliphatic rings. The Kier molecular flexibility index (Phi) is 3.23. The average Bonchev–Trinajstić information content (AvgIpc) is 2.22. The molecule has 0 spiro atoms. The van der Waals surface area contributed by atoms with Gasteiger partial charge >= 0.3 is 58.2 Å². The summed E-state index contributed by atoms with van der Waals surface area (Å²) in [6.45, 7) is 0. The Balaban J connectivity index is 0.000000320. The van der Waals surface area contributed by atoms with Crippen LogP contribution in [0, 0.1) is 11.8 Å². The summed E-state index contributed by atoms with van der Waals surface area (Å²) in [5, 5.41) is 0. The molecule has 2 bridgehead atoms. The molecular weight excluding hydrogens is 170 g/mol. The second kappa shape index (κ2) is 3.27. The Morgan fingerprint density at radius 1 is 0.875 bits per heavy atom. The van der Waals surface area contributed by atoms with Gasteiger partial charge < -0.3 is 1.43 Å². The normalized spacial score (nSPS) is 42.0. The average molecular weight is 183 g/mol. The summed E-state index contributed by atoms with van der Waals surface area (Å²) in [5.74, 6) is 2.34. The van der Waals surface area contributed by atoms with Gasteiger partial charge in [-0.1, -0.05) is 25.7 Å². The molecule has 42 valence electrons. The summed E-state index contributed by atoms with van der Waals surface area (Å²) in [5.41, 5.74) is 0. The minimum atomic E-state index is 0. The predicted molar refractivity (Wildman–Crippen MR) is 31.2 cm³/mol. The second-order valence-corrected chi connectivity index (χ2v) is 3.12. The molecule has 0 aromatic rings. The molecule has 0 aliphatic heterocycles. The topological polar surface area (TPSA) is 0 Å². The summed E-state index contributed by atoms with van der Waals surface area (Å²) in [6, 6.07) is 0. The number of rotatable bonds is 0. The van der Waals surface area contributed by atoms with Crippen LogP contribution in [-0.2, 0) is 0 Å². The van der Waals surface area contributed by atoms with Crippen LogP contribution in [0.3, 0.4) is 0 Å². The minimum absolute atomic E-state index is 0. The first-order valence-corrected chi connectivity index (χ1v) is 3.45. The maximum absolute atomic E-state index is 1.58. The molecule has 1 heteroatoms. The third-order valence-electron chi connectivity index (χ3n) is 2.63. The fourth-order valence-electron chi connectivity index (χ4n) is 2.17. The molecule has 0 saturated heterocycles. The van der Waals surface area contributed by atoms with E-state index in [0.717, 1.165) is 0 Å². The van der Waals surface area contributed by atoms with E-state index in [4.69, 9.17) is 0 Å². The SMILES string of the molecule is C1CC2CCC1C2.[H-].[Rb+]. The molecule has 0 unspecified atom stereocenters. The van der Waals surface area contributed by atoms with Crippen LogP contribution < -0.4 is 58.2 Å². The standard InChI is InChI=1S/C7H12.Rb.H/c1-2-7-4-3-6(1)5-7;;/h6-7H,1-5H2;;/q;+1;-1. The van der Waals surface area contributed by atoms with Gasteiger partial charge in [-0.25, -0.2) is 0 Å². The maximum Gasteiger partial charge on any atom is 1.00 e. The van der Waals surface area contributed by atoms with Crippen molar-refractivity contribution in [2.24, 2.45) is 11.8 Å². The van der Waals surface area contributed by atoms with Crippen molar-refractivity contribution in [3.8, 4) is 0 Å². The Bertz CT molecular complexity index is 67.0. The van der Waals surface area contributed by atoms with E-state index < -0.39 is 0 Å². The van der Waals surface area contributed by atoms with Gasteiger partial charge in [0.25, 0.3) is 0 Å². The van der Waals surface area contributed by atoms with Crippen molar-refractivity contribution >= 4 is 0 Å². The van der Waals surface area contributed by atoms with Crippen molar-refractivity contribution in [2.45, 2.75) is 32.1 Å². The van der Waals surface area contributed by atoms with Crippen LogP contribution in [0.5, 0.6) is 0 Å². The Morgan fingerprint density at radius 2 is 1.25 bits per heavy atom. The van der Waals surface area contributed by atoms with E-state index in [0.29, 0.717) is 0 Å². The molecular formula is C7H13Rb. The Morgan fingerprint density at radius 3 is 1.38 bits per heavy atom. The molecule has 8 heavy (non-hydrogen) atoms. The van der Waals surface area contributed by atoms with Gasteiger partial charge in [-0.05, 0) is 18.3 Å². The van der Waals surface area contributed by atoms with Gasteiger partial charge in [-0.3, -0.25) is 0 Å². The molecule has 0 heterocycles. The van der Waals surface area contributed by atoms with E-state index in [1.54, 1.807) is 32.1 Å². The van der Waals surface area contributed by atoms with Crippen molar-refractivity contribution < 1.29 is 59.6 Å². The van der Waals surface area contributed by atoms with E-state index in [1.807, 2.05) is 0 Å². The summed E-state index contributed by atoms with van der Waals surface area (Å²) in [4.78, 5) is 0. The molecule has 0 atom stereocenters. The van der Waals surface area contributed by atoms with Crippen LogP contribution in [0.25, 0.3) is 0 Å². The summed E-state index contributed by atoms with van der Waals surface area (Å²) >= 11 is 0. The molecule has 0 nitrogen and oxygen atoms in total. The first kappa shape index (κ1) is 7.91. The molecule has 0 aromatic carbocycles. The van der Waals surface area contributed by atoms with Gasteiger partial charge in [-0.2, -0.15) is 0 Å². The van der Waals surface area contributed by atoms with Crippen LogP contribution in [0.1, 0.15) is 33.5 Å². The fraction of sp³-hybridized carbons (Fsp3) is 1.00. The predicted octanol–water partition coefficient (Wildman–Crippen LogP) is -0.687. The van der Waals surface area contributed by atoms with Crippen molar-refractivity contribution in [3.05, 3.63) is 0 Å². The van der Waals surface area contributed by atoms with E-state index >= 15 is 0 Å². The van der Waals surface area contributed by atoms with E-state index in [2.05, 4.69) is 0 Å². The molecule has 2 saturated carbocycles. The first-order chi connectivity index (χ1) is 3.45. The zero-order chi connectivity index (χ0) is 4.69. The third kappa shape index (κ3) is 1.45. The second-order valence-electron chi connectivity index (χ2n) is 3.12. The zero-order valence-corrected chi connectivity index (χ0v) is 10.6. The van der Waals surface area contributed by atoms with E-state index in [9.17, 15) is 0 Å². The maximum atomic E-state index is 1.58. The van der Waals surface area contributed by atoms with Gasteiger partial charge in [0, 0.05) is 0 Å². The van der Waals surface area contributed by atoms with Gasteiger partial charge in [0.1, 0.15) is 0 Å². The van der Waals surface area contributed by atoms with E-state index in [-0.39, 0.29) is 59.6 Å². The molecule has 0 aromatic heterocycles. The van der Waals surface area contributed by atoms with Gasteiger partial charge in [0.2, 0.25) is 0 Å². The Hall–Kier alpha value is 1.81. The van der Waals surface area contributed by atoms with Crippen LogP contribution >= 0.6 is 0 Å². The van der Waals surface area contributed by atoms with Crippen molar-refractivity contribution in [1.29, 1.82) is 0 Å². The molecule has 0 radical (unpaired) electrons. The summed E-state index contributed by atoms with van der Waals surface area (Å²) < 4.78 is 0. The monoisotopic (exact) mass is 182 g/mol. The molecule has 2 aliphatic carbocycles. The van der Waals surface area contributed by atoms with Crippen molar-refractivity contribution in [1.82, 2.24) is 0 Å². The number of fused-ring (bicyclic) bond motifs is 2. The van der Waals surface area contributed by atoms with Crippen molar-refractivity contribution in [3.63, 3.8) is 0 Å². The molecule has 2 fully saturated rings. The molecule has 0 N–H and O–H groups in total. The summed E-state index contributed by atoms with van der Waals surface area (Å²) in [6.07, 6.45) is 7.82. The van der Waals surface area contributed by atoms with Crippen LogP contribution in [0.4, 0.5) is 0 Å². The zero-order valence-electron chi connectivity index (χ0n) is 6.69. The summed E-state index contributed by atoms with van der Waals surface area (Å²) in [7, 11) is 0. The quantitative estimate of drug-likeness (QED) is 0.466. The van der Waals surface area contributed by atoms with E-state index in [1.165, 1.54) is 11.8 Å². The minimum Gasteiger partial charge on any atom is -1.00 e. The third-order valence-corrected chi connectivity index (χ3v) is 2.63. The fourth-order valence-corrected chi connectivity index (χ4v) is 2.17. The molecule has 2 rings (SSSR count). The van der Waals surface area contributed by atoms with Gasteiger partial charge in [0.05, 0.1) is 0 Å².